The van der Waals surface area contributed by atoms with Crippen LogP contribution in [0.5, 0.6) is 0 Å². The smallest absolute Gasteiger partial charge is 0.254 e. The quantitative estimate of drug-likeness (QED) is 0.715. The minimum absolute atomic E-state index is 0.120. The van der Waals surface area contributed by atoms with E-state index in [4.69, 9.17) is 0 Å². The molecule has 122 valence electrons. The molecule has 2 aliphatic heterocycles. The molecule has 2 fully saturated rings. The van der Waals surface area contributed by atoms with Crippen LogP contribution >= 0.6 is 11.7 Å². The lowest BCUT2D eigenvalue weighted by Gasteiger charge is -2.39. The number of piperidine rings is 1. The SMILES string of the molecule is O=C(c1ccc2nsnc2c1)N1C2CCC1CC(n1cncn1)C2. The molecule has 2 unspecified atom stereocenters. The van der Waals surface area contributed by atoms with Gasteiger partial charge in [-0.1, -0.05) is 0 Å². The molecular formula is C16H16N6OS. The van der Waals surface area contributed by atoms with E-state index in [1.807, 2.05) is 22.9 Å². The van der Waals surface area contributed by atoms with Crippen molar-refractivity contribution in [3.8, 4) is 0 Å². The molecule has 0 spiro atoms. The van der Waals surface area contributed by atoms with Crippen molar-refractivity contribution in [2.45, 2.75) is 43.8 Å². The fraction of sp³-hybridized carbons (Fsp3) is 0.438. The molecule has 1 aromatic carbocycles. The number of hydrogen-bond donors (Lipinski definition) is 0. The lowest BCUT2D eigenvalue weighted by Crippen LogP contribution is -2.47. The summed E-state index contributed by atoms with van der Waals surface area (Å²) in [5, 5.41) is 4.28. The summed E-state index contributed by atoms with van der Waals surface area (Å²) < 4.78 is 10.4. The Morgan fingerprint density at radius 1 is 1.08 bits per heavy atom. The van der Waals surface area contributed by atoms with Crippen LogP contribution in [0, 0.1) is 0 Å². The van der Waals surface area contributed by atoms with E-state index in [0.29, 0.717) is 11.6 Å². The molecule has 2 atom stereocenters. The third-order valence-electron chi connectivity index (χ3n) is 5.25. The highest BCUT2D eigenvalue weighted by Crippen LogP contribution is 2.41. The number of nitrogens with zero attached hydrogens (tertiary/aromatic N) is 6. The third-order valence-corrected chi connectivity index (χ3v) is 5.81. The first-order chi connectivity index (χ1) is 11.8. The van der Waals surface area contributed by atoms with E-state index < -0.39 is 0 Å². The van der Waals surface area contributed by atoms with Gasteiger partial charge >= 0.3 is 0 Å². The van der Waals surface area contributed by atoms with Gasteiger partial charge in [-0.3, -0.25) is 4.79 Å². The van der Waals surface area contributed by atoms with E-state index in [9.17, 15) is 4.79 Å². The highest BCUT2D eigenvalue weighted by molar-refractivity contribution is 7.00. The molecule has 4 heterocycles. The van der Waals surface area contributed by atoms with Gasteiger partial charge in [0, 0.05) is 17.6 Å². The first-order valence-electron chi connectivity index (χ1n) is 8.19. The molecule has 2 saturated heterocycles. The van der Waals surface area contributed by atoms with Crippen LogP contribution in [-0.2, 0) is 0 Å². The first-order valence-corrected chi connectivity index (χ1v) is 8.92. The number of fused-ring (bicyclic) bond motifs is 3. The fourth-order valence-electron chi connectivity index (χ4n) is 4.17. The van der Waals surface area contributed by atoms with E-state index in [0.717, 1.165) is 36.7 Å². The van der Waals surface area contributed by atoms with Crippen LogP contribution in [0.4, 0.5) is 0 Å². The Kier molecular flexibility index (Phi) is 3.12. The van der Waals surface area contributed by atoms with Crippen molar-refractivity contribution in [2.24, 2.45) is 0 Å². The highest BCUT2D eigenvalue weighted by atomic mass is 32.1. The monoisotopic (exact) mass is 340 g/mol. The van der Waals surface area contributed by atoms with Crippen molar-refractivity contribution in [1.82, 2.24) is 28.4 Å². The largest absolute Gasteiger partial charge is 0.333 e. The van der Waals surface area contributed by atoms with Crippen LogP contribution in [0.3, 0.4) is 0 Å². The van der Waals surface area contributed by atoms with Crippen molar-refractivity contribution in [1.29, 1.82) is 0 Å². The van der Waals surface area contributed by atoms with E-state index in [1.165, 1.54) is 11.7 Å². The number of rotatable bonds is 2. The molecule has 24 heavy (non-hydrogen) atoms. The number of hydrogen-bond acceptors (Lipinski definition) is 6. The van der Waals surface area contributed by atoms with Gasteiger partial charge in [-0.05, 0) is 43.9 Å². The van der Waals surface area contributed by atoms with Gasteiger partial charge in [0.05, 0.1) is 17.8 Å². The van der Waals surface area contributed by atoms with Crippen molar-refractivity contribution < 1.29 is 4.79 Å². The summed E-state index contributed by atoms with van der Waals surface area (Å²) in [5.41, 5.74) is 2.37. The lowest BCUT2D eigenvalue weighted by atomic mass is 9.96. The van der Waals surface area contributed by atoms with Gasteiger partial charge in [0.2, 0.25) is 0 Å². The summed E-state index contributed by atoms with van der Waals surface area (Å²) in [6.07, 6.45) is 7.41. The highest BCUT2D eigenvalue weighted by Gasteiger charge is 2.44. The number of amides is 1. The zero-order valence-electron chi connectivity index (χ0n) is 12.9. The maximum absolute atomic E-state index is 13.1. The van der Waals surface area contributed by atoms with E-state index in [1.54, 1.807) is 12.7 Å². The average Bonchev–Trinajstić information content (AvgIpc) is 3.33. The van der Waals surface area contributed by atoms with Crippen LogP contribution in [0.2, 0.25) is 0 Å². The number of aromatic nitrogens is 5. The molecule has 2 aliphatic rings. The Bertz CT molecular complexity index is 877. The van der Waals surface area contributed by atoms with Crippen molar-refractivity contribution in [3.63, 3.8) is 0 Å². The zero-order valence-corrected chi connectivity index (χ0v) is 13.8. The summed E-state index contributed by atoms with van der Waals surface area (Å²) in [6, 6.07) is 6.54. The van der Waals surface area contributed by atoms with Gasteiger partial charge in [-0.15, -0.1) is 0 Å². The number of carbonyl (C=O) groups is 1. The molecule has 7 nitrogen and oxygen atoms in total. The molecule has 5 rings (SSSR count). The molecule has 0 N–H and O–H groups in total. The van der Waals surface area contributed by atoms with Gasteiger partial charge in [0.1, 0.15) is 23.7 Å². The third kappa shape index (κ3) is 2.13. The first kappa shape index (κ1) is 14.0. The van der Waals surface area contributed by atoms with Gasteiger partial charge in [0.15, 0.2) is 0 Å². The predicted octanol–water partition coefficient (Wildman–Crippen LogP) is 2.29. The van der Waals surface area contributed by atoms with E-state index in [-0.39, 0.29) is 18.0 Å². The molecule has 0 saturated carbocycles. The van der Waals surface area contributed by atoms with Crippen LogP contribution < -0.4 is 0 Å². The summed E-state index contributed by atoms with van der Waals surface area (Å²) in [4.78, 5) is 19.2. The number of benzene rings is 1. The Hall–Kier alpha value is -2.35. The van der Waals surface area contributed by atoms with Gasteiger partial charge in [0.25, 0.3) is 5.91 Å². The normalized spacial score (nSPS) is 26.2. The Morgan fingerprint density at radius 3 is 2.62 bits per heavy atom. The second-order valence-corrected chi connectivity index (χ2v) is 7.09. The fourth-order valence-corrected chi connectivity index (χ4v) is 4.68. The Labute approximate surface area is 142 Å². The predicted molar refractivity (Wildman–Crippen MR) is 88.7 cm³/mol. The molecular weight excluding hydrogens is 324 g/mol. The van der Waals surface area contributed by atoms with Crippen molar-refractivity contribution >= 4 is 28.7 Å². The molecule has 0 aliphatic carbocycles. The van der Waals surface area contributed by atoms with E-state index >= 15 is 0 Å². The maximum atomic E-state index is 13.1. The standard InChI is InChI=1S/C16H16N6OS/c23-16(10-1-4-14-15(5-10)20-24-19-14)22-11-2-3-12(22)7-13(6-11)21-9-17-8-18-21/h1,4-5,8-9,11-13H,2-3,6-7H2. The second kappa shape index (κ2) is 5.34. The summed E-state index contributed by atoms with van der Waals surface area (Å²) in [5.74, 6) is 0.120. The van der Waals surface area contributed by atoms with Gasteiger partial charge < -0.3 is 4.90 Å². The summed E-state index contributed by atoms with van der Waals surface area (Å²) >= 11 is 1.18. The molecule has 3 aromatic rings. The molecule has 8 heteroatoms. The Morgan fingerprint density at radius 2 is 1.88 bits per heavy atom. The van der Waals surface area contributed by atoms with Gasteiger partial charge in [-0.2, -0.15) is 13.8 Å². The van der Waals surface area contributed by atoms with Crippen molar-refractivity contribution in [3.05, 3.63) is 36.4 Å². The zero-order chi connectivity index (χ0) is 16.1. The number of carbonyl (C=O) groups excluding carboxylic acids is 1. The van der Waals surface area contributed by atoms with Crippen LogP contribution in [0.15, 0.2) is 30.9 Å². The molecule has 0 radical (unpaired) electrons. The van der Waals surface area contributed by atoms with Gasteiger partial charge in [-0.25, -0.2) is 9.67 Å². The minimum Gasteiger partial charge on any atom is -0.333 e. The topological polar surface area (TPSA) is 76.8 Å². The Balaban J connectivity index is 1.42. The summed E-state index contributed by atoms with van der Waals surface area (Å²) in [6.45, 7) is 0. The van der Waals surface area contributed by atoms with Crippen LogP contribution in [0.25, 0.3) is 11.0 Å². The van der Waals surface area contributed by atoms with E-state index in [2.05, 4.69) is 23.7 Å². The summed E-state index contributed by atoms with van der Waals surface area (Å²) in [7, 11) is 0. The van der Waals surface area contributed by atoms with Crippen LogP contribution in [0.1, 0.15) is 42.1 Å². The average molecular weight is 340 g/mol. The molecule has 1 amide bonds. The molecule has 2 bridgehead atoms. The second-order valence-electron chi connectivity index (χ2n) is 6.57. The lowest BCUT2D eigenvalue weighted by molar-refractivity contribution is 0.0524. The molecule has 2 aromatic heterocycles. The van der Waals surface area contributed by atoms with Crippen LogP contribution in [-0.4, -0.2) is 46.4 Å². The van der Waals surface area contributed by atoms with Crippen molar-refractivity contribution in [2.75, 3.05) is 0 Å². The minimum atomic E-state index is 0.120. The maximum Gasteiger partial charge on any atom is 0.254 e.